The first-order valence-electron chi connectivity index (χ1n) is 10.3. The normalized spacial score (nSPS) is 30.3. The fourth-order valence-corrected chi connectivity index (χ4v) is 4.82. The Bertz CT molecular complexity index is 1030. The molecule has 5 atom stereocenters. The number of aliphatic hydroxyl groups excluding tert-OH is 2. The Morgan fingerprint density at radius 3 is 2.75 bits per heavy atom. The number of nitrogens with one attached hydrogen (secondary N) is 1. The molecular weight excluding hydrogens is 465 g/mol. The minimum atomic E-state index is -4.36. The predicted molar refractivity (Wildman–Crippen MR) is 114 cm³/mol. The number of ether oxygens (including phenoxy) is 2. The lowest BCUT2D eigenvalue weighted by atomic mass is 9.87. The van der Waals surface area contributed by atoms with E-state index < -0.39 is 38.5 Å². The van der Waals surface area contributed by atoms with Crippen molar-refractivity contribution in [1.82, 2.24) is 19.7 Å². The van der Waals surface area contributed by atoms with Crippen LogP contribution < -0.4 is 5.32 Å². The Labute approximate surface area is 189 Å². The minimum Gasteiger partial charge on any atom is -0.387 e. The van der Waals surface area contributed by atoms with E-state index in [1.165, 1.54) is 10.9 Å². The van der Waals surface area contributed by atoms with E-state index in [0.717, 1.165) is 19.3 Å². The molecular formula is C18H27ClN5O7P. The van der Waals surface area contributed by atoms with Gasteiger partial charge in [-0.15, -0.1) is 0 Å². The number of aromatic nitrogens is 4. The van der Waals surface area contributed by atoms with Gasteiger partial charge in [-0.3, -0.25) is 4.57 Å². The van der Waals surface area contributed by atoms with Crippen LogP contribution in [0.1, 0.15) is 39.3 Å². The molecule has 2 aromatic rings. The summed E-state index contributed by atoms with van der Waals surface area (Å²) in [5, 5.41) is 29.2. The summed E-state index contributed by atoms with van der Waals surface area (Å²) < 4.78 is 22.9. The third-order valence-electron chi connectivity index (χ3n) is 6.11. The summed E-state index contributed by atoms with van der Waals surface area (Å²) in [4.78, 5) is 26.4. The molecule has 0 amide bonds. The monoisotopic (exact) mass is 491 g/mol. The maximum atomic E-state index is 10.9. The van der Waals surface area contributed by atoms with Gasteiger partial charge >= 0.3 is 7.60 Å². The van der Waals surface area contributed by atoms with Gasteiger partial charge in [-0.05, 0) is 29.9 Å². The van der Waals surface area contributed by atoms with E-state index >= 15 is 0 Å². The highest BCUT2D eigenvalue weighted by atomic mass is 35.5. The first-order valence-corrected chi connectivity index (χ1v) is 12.4. The van der Waals surface area contributed by atoms with Crippen LogP contribution in [0.4, 0.5) is 5.82 Å². The molecule has 2 aromatic heterocycles. The van der Waals surface area contributed by atoms with Crippen molar-refractivity contribution in [2.45, 2.75) is 63.7 Å². The van der Waals surface area contributed by atoms with E-state index in [1.807, 2.05) is 0 Å². The van der Waals surface area contributed by atoms with Crippen molar-refractivity contribution < 1.29 is 34.0 Å². The Kier molecular flexibility index (Phi) is 6.51. The first-order chi connectivity index (χ1) is 15.0. The third-order valence-corrected chi connectivity index (χ3v) is 6.80. The van der Waals surface area contributed by atoms with E-state index in [-0.39, 0.29) is 23.3 Å². The predicted octanol–water partition coefficient (Wildman–Crippen LogP) is 1.24. The summed E-state index contributed by atoms with van der Waals surface area (Å²) in [5.41, 5.74) is 0.408. The van der Waals surface area contributed by atoms with Gasteiger partial charge in [-0.1, -0.05) is 20.3 Å². The largest absolute Gasteiger partial charge is 0.387 e. The van der Waals surface area contributed by atoms with Gasteiger partial charge in [0.1, 0.15) is 30.5 Å². The summed E-state index contributed by atoms with van der Waals surface area (Å²) in [7, 11) is -4.36. The van der Waals surface area contributed by atoms with Crippen LogP contribution in [0.15, 0.2) is 6.20 Å². The fraction of sp³-hybridized carbons (Fsp3) is 0.722. The number of hydrogen-bond acceptors (Lipinski definition) is 9. The second-order valence-electron chi connectivity index (χ2n) is 8.96. The maximum Gasteiger partial charge on any atom is 0.350 e. The molecule has 5 N–H and O–H groups in total. The molecule has 0 aromatic carbocycles. The molecule has 2 aliphatic rings. The van der Waals surface area contributed by atoms with Gasteiger partial charge in [-0.25, -0.2) is 4.68 Å². The van der Waals surface area contributed by atoms with Gasteiger partial charge in [0.25, 0.3) is 0 Å². The second kappa shape index (κ2) is 8.77. The number of fused-ring (bicyclic) bond motifs is 1. The Balaban J connectivity index is 1.57. The topological polar surface area (TPSA) is 172 Å². The lowest BCUT2D eigenvalue weighted by Crippen LogP contribution is -2.34. The lowest BCUT2D eigenvalue weighted by molar-refractivity contribution is -0.0658. The quantitative estimate of drug-likeness (QED) is 0.278. The van der Waals surface area contributed by atoms with Crippen molar-refractivity contribution in [3.8, 4) is 0 Å². The van der Waals surface area contributed by atoms with Crippen LogP contribution in [-0.2, 0) is 14.0 Å². The van der Waals surface area contributed by atoms with Crippen LogP contribution in [0.3, 0.4) is 0 Å². The number of anilines is 1. The Morgan fingerprint density at radius 2 is 2.09 bits per heavy atom. The highest BCUT2D eigenvalue weighted by Crippen LogP contribution is 2.40. The average molecular weight is 492 g/mol. The van der Waals surface area contributed by atoms with Gasteiger partial charge in [0, 0.05) is 6.04 Å². The molecule has 1 aliphatic heterocycles. The molecule has 0 radical (unpaired) electrons. The number of aliphatic hydroxyl groups is 2. The summed E-state index contributed by atoms with van der Waals surface area (Å²) in [6.45, 7) is 4.07. The van der Waals surface area contributed by atoms with E-state index in [1.54, 1.807) is 0 Å². The Hall–Kier alpha value is -1.37. The SMILES string of the molecule is CC1(C)CCC[C@@H]1Nc1nc(Cl)nc2c1cnn2[C@@H]1O[C@H](COCP(=O)(O)O)[C@@H](O)[C@H]1O. The number of nitrogens with zero attached hydrogens (tertiary/aromatic N) is 4. The second-order valence-corrected chi connectivity index (χ2v) is 10.9. The highest BCUT2D eigenvalue weighted by molar-refractivity contribution is 7.51. The van der Waals surface area contributed by atoms with Gasteiger partial charge in [-0.2, -0.15) is 15.1 Å². The molecule has 14 heteroatoms. The molecule has 0 bridgehead atoms. The molecule has 1 saturated carbocycles. The molecule has 32 heavy (non-hydrogen) atoms. The van der Waals surface area contributed by atoms with Crippen molar-refractivity contribution in [1.29, 1.82) is 0 Å². The molecule has 4 rings (SSSR count). The van der Waals surface area contributed by atoms with Crippen molar-refractivity contribution >= 4 is 36.0 Å². The Morgan fingerprint density at radius 1 is 1.34 bits per heavy atom. The van der Waals surface area contributed by atoms with E-state index in [9.17, 15) is 14.8 Å². The molecule has 2 fully saturated rings. The zero-order valence-electron chi connectivity index (χ0n) is 17.6. The molecule has 0 unspecified atom stereocenters. The molecule has 1 saturated heterocycles. The summed E-state index contributed by atoms with van der Waals surface area (Å²) >= 11 is 6.17. The fourth-order valence-electron chi connectivity index (χ4n) is 4.31. The van der Waals surface area contributed by atoms with E-state index in [4.69, 9.17) is 30.9 Å². The number of hydrogen-bond donors (Lipinski definition) is 5. The van der Waals surface area contributed by atoms with E-state index in [0.29, 0.717) is 16.9 Å². The van der Waals surface area contributed by atoms with Gasteiger partial charge in [0.2, 0.25) is 5.28 Å². The van der Waals surface area contributed by atoms with Crippen LogP contribution >= 0.6 is 19.2 Å². The molecule has 3 heterocycles. The van der Waals surface area contributed by atoms with Crippen LogP contribution in [0.25, 0.3) is 11.0 Å². The van der Waals surface area contributed by atoms with Crippen molar-refractivity contribution in [3.63, 3.8) is 0 Å². The lowest BCUT2D eigenvalue weighted by Gasteiger charge is -2.28. The van der Waals surface area contributed by atoms with Gasteiger partial charge < -0.3 is 34.8 Å². The van der Waals surface area contributed by atoms with E-state index in [2.05, 4.69) is 34.2 Å². The minimum absolute atomic E-state index is 0.00730. The third kappa shape index (κ3) is 4.78. The van der Waals surface area contributed by atoms with Gasteiger partial charge in [0.05, 0.1) is 18.2 Å². The summed E-state index contributed by atoms with van der Waals surface area (Å²) in [5.74, 6) is 0.529. The standard InChI is InChI=1S/C18H27ClN5O7P/c1-18(2)5-3-4-11(18)21-14-9-6-20-24(15(9)23-17(19)22-14)16-13(26)12(25)10(31-16)7-30-8-32(27,28)29/h6,10-13,16,25-26H,3-5,7-8H2,1-2H3,(H,21,22,23)(H2,27,28,29)/t10-,11+,12-,13-,16-/m1/s1. The smallest absolute Gasteiger partial charge is 0.350 e. The van der Waals surface area contributed by atoms with Crippen molar-refractivity contribution in [3.05, 3.63) is 11.5 Å². The first kappa shape index (κ1) is 23.8. The van der Waals surface area contributed by atoms with Crippen LogP contribution in [0.2, 0.25) is 5.28 Å². The van der Waals surface area contributed by atoms with Crippen LogP contribution in [0, 0.1) is 5.41 Å². The molecule has 0 spiro atoms. The maximum absolute atomic E-state index is 10.9. The van der Waals surface area contributed by atoms with Crippen LogP contribution in [-0.4, -0.2) is 77.1 Å². The molecule has 1 aliphatic carbocycles. The van der Waals surface area contributed by atoms with Crippen molar-refractivity contribution in [2.24, 2.45) is 5.41 Å². The zero-order chi connectivity index (χ0) is 23.3. The zero-order valence-corrected chi connectivity index (χ0v) is 19.3. The molecule has 178 valence electrons. The highest BCUT2D eigenvalue weighted by Gasteiger charge is 2.45. The van der Waals surface area contributed by atoms with Crippen molar-refractivity contribution in [2.75, 3.05) is 18.3 Å². The number of halogens is 1. The summed E-state index contributed by atoms with van der Waals surface area (Å²) in [6, 6.07) is 0.200. The summed E-state index contributed by atoms with van der Waals surface area (Å²) in [6.07, 6.45) is -0.934. The number of rotatable bonds is 7. The average Bonchev–Trinajstić information content (AvgIpc) is 3.32. The molecule has 12 nitrogen and oxygen atoms in total. The van der Waals surface area contributed by atoms with Crippen LogP contribution in [0.5, 0.6) is 0 Å². The van der Waals surface area contributed by atoms with Gasteiger partial charge in [0.15, 0.2) is 11.9 Å².